The predicted octanol–water partition coefficient (Wildman–Crippen LogP) is 2.72. The molecule has 0 bridgehead atoms. The summed E-state index contributed by atoms with van der Waals surface area (Å²) in [5.74, 6) is -2.51. The lowest BCUT2D eigenvalue weighted by molar-refractivity contribution is 0.0694. The molecule has 0 radical (unpaired) electrons. The number of nitrogens with zero attached hydrogens (tertiary/aromatic N) is 2. The number of aromatic carboxylic acids is 1. The highest BCUT2D eigenvalue weighted by Crippen LogP contribution is 2.39. The van der Waals surface area contributed by atoms with E-state index in [1.54, 1.807) is 4.90 Å². The number of halogens is 2. The van der Waals surface area contributed by atoms with E-state index in [0.717, 1.165) is 6.07 Å². The SMILES string of the molecule is O=C(O)c1c(F)ccc2[nH]c(N3C[C@@H](O)c4cc(F)ccc43)nc12. The molecular formula is C16H11F2N3O3. The van der Waals surface area contributed by atoms with Crippen molar-refractivity contribution in [2.75, 3.05) is 11.4 Å². The number of aromatic amines is 1. The van der Waals surface area contributed by atoms with Crippen LogP contribution in [0.5, 0.6) is 0 Å². The lowest BCUT2D eigenvalue weighted by Gasteiger charge is -2.15. The van der Waals surface area contributed by atoms with E-state index in [9.17, 15) is 23.8 Å². The van der Waals surface area contributed by atoms with Gasteiger partial charge >= 0.3 is 5.97 Å². The molecule has 0 saturated heterocycles. The van der Waals surface area contributed by atoms with Gasteiger partial charge < -0.3 is 20.1 Å². The van der Waals surface area contributed by atoms with E-state index in [4.69, 9.17) is 0 Å². The van der Waals surface area contributed by atoms with Crippen LogP contribution in [0.1, 0.15) is 22.0 Å². The van der Waals surface area contributed by atoms with Gasteiger partial charge in [-0.2, -0.15) is 0 Å². The number of rotatable bonds is 2. The van der Waals surface area contributed by atoms with Crippen molar-refractivity contribution >= 4 is 28.6 Å². The molecule has 0 aliphatic carbocycles. The summed E-state index contributed by atoms with van der Waals surface area (Å²) in [4.78, 5) is 20.0. The third-order valence-electron chi connectivity index (χ3n) is 4.06. The molecule has 6 nitrogen and oxygen atoms in total. The first-order valence-corrected chi connectivity index (χ1v) is 7.12. The number of hydrogen-bond donors (Lipinski definition) is 3. The van der Waals surface area contributed by atoms with E-state index in [-0.39, 0.29) is 18.0 Å². The van der Waals surface area contributed by atoms with Crippen molar-refractivity contribution in [2.24, 2.45) is 0 Å². The number of carboxylic acids is 1. The van der Waals surface area contributed by atoms with Gasteiger partial charge in [-0.15, -0.1) is 0 Å². The number of β-amino-alcohol motifs (C(OH)–C–C–N with tert-alkyl or cyclic N) is 1. The van der Waals surface area contributed by atoms with Crippen LogP contribution in [0, 0.1) is 11.6 Å². The first-order chi connectivity index (χ1) is 11.5. The second kappa shape index (κ2) is 5.00. The first kappa shape index (κ1) is 14.6. The largest absolute Gasteiger partial charge is 0.478 e. The summed E-state index contributed by atoms with van der Waals surface area (Å²) in [5.41, 5.74) is 0.797. The van der Waals surface area contributed by atoms with Crippen molar-refractivity contribution in [1.29, 1.82) is 0 Å². The lowest BCUT2D eigenvalue weighted by atomic mass is 10.1. The van der Waals surface area contributed by atoms with Crippen molar-refractivity contribution in [1.82, 2.24) is 9.97 Å². The smallest absolute Gasteiger partial charge is 0.340 e. The molecule has 0 saturated carbocycles. The van der Waals surface area contributed by atoms with Crippen molar-refractivity contribution in [3.63, 3.8) is 0 Å². The van der Waals surface area contributed by atoms with E-state index in [1.165, 1.54) is 24.3 Å². The van der Waals surface area contributed by atoms with Crippen molar-refractivity contribution in [2.45, 2.75) is 6.10 Å². The highest BCUT2D eigenvalue weighted by molar-refractivity contribution is 6.02. The number of aliphatic hydroxyl groups is 1. The summed E-state index contributed by atoms with van der Waals surface area (Å²) in [6.07, 6.45) is -0.903. The second-order valence-electron chi connectivity index (χ2n) is 5.51. The Morgan fingerprint density at radius 2 is 2.08 bits per heavy atom. The summed E-state index contributed by atoms with van der Waals surface area (Å²) in [6.45, 7) is 0.128. The fourth-order valence-electron chi connectivity index (χ4n) is 2.98. The number of aromatic nitrogens is 2. The zero-order chi connectivity index (χ0) is 17.0. The molecule has 1 aliphatic rings. The minimum absolute atomic E-state index is 0.0115. The zero-order valence-electron chi connectivity index (χ0n) is 12.1. The number of fused-ring (bicyclic) bond motifs is 2. The molecule has 1 atom stereocenters. The first-order valence-electron chi connectivity index (χ1n) is 7.12. The van der Waals surface area contributed by atoms with Crippen LogP contribution in [0.3, 0.4) is 0 Å². The van der Waals surface area contributed by atoms with E-state index in [0.29, 0.717) is 16.8 Å². The van der Waals surface area contributed by atoms with E-state index in [1.807, 2.05) is 0 Å². The zero-order valence-corrected chi connectivity index (χ0v) is 12.1. The molecule has 0 fully saturated rings. The van der Waals surface area contributed by atoms with Gasteiger partial charge in [-0.3, -0.25) is 0 Å². The maximum atomic E-state index is 13.8. The molecule has 3 aromatic rings. The average molecular weight is 331 g/mol. The lowest BCUT2D eigenvalue weighted by Crippen LogP contribution is -2.16. The van der Waals surface area contributed by atoms with E-state index in [2.05, 4.69) is 9.97 Å². The van der Waals surface area contributed by atoms with E-state index >= 15 is 0 Å². The molecule has 2 heterocycles. The molecule has 0 spiro atoms. The molecular weight excluding hydrogens is 320 g/mol. The van der Waals surface area contributed by atoms with Gasteiger partial charge in [0.25, 0.3) is 0 Å². The Balaban J connectivity index is 1.87. The Morgan fingerprint density at radius 1 is 1.29 bits per heavy atom. The highest BCUT2D eigenvalue weighted by Gasteiger charge is 2.31. The van der Waals surface area contributed by atoms with Crippen LogP contribution in [0.4, 0.5) is 20.4 Å². The van der Waals surface area contributed by atoms with Gasteiger partial charge in [-0.05, 0) is 30.3 Å². The van der Waals surface area contributed by atoms with Crippen molar-refractivity contribution < 1.29 is 23.8 Å². The maximum absolute atomic E-state index is 13.8. The third kappa shape index (κ3) is 2.04. The van der Waals surface area contributed by atoms with Gasteiger partial charge in [0, 0.05) is 11.3 Å². The summed E-state index contributed by atoms with van der Waals surface area (Å²) in [5, 5.41) is 19.3. The van der Waals surface area contributed by atoms with Crippen molar-refractivity contribution in [3.05, 3.63) is 53.1 Å². The number of carbonyl (C=O) groups is 1. The molecule has 4 rings (SSSR count). The van der Waals surface area contributed by atoms with Crippen LogP contribution < -0.4 is 4.90 Å². The van der Waals surface area contributed by atoms with Gasteiger partial charge in [-0.1, -0.05) is 0 Å². The molecule has 0 amide bonds. The minimum atomic E-state index is -1.42. The normalized spacial score (nSPS) is 16.6. The topological polar surface area (TPSA) is 89.5 Å². The van der Waals surface area contributed by atoms with Crippen LogP contribution in [0.15, 0.2) is 30.3 Å². The Labute approximate surface area is 134 Å². The number of hydrogen-bond acceptors (Lipinski definition) is 4. The van der Waals surface area contributed by atoms with Crippen LogP contribution in [0.2, 0.25) is 0 Å². The van der Waals surface area contributed by atoms with Crippen LogP contribution in [0.25, 0.3) is 11.0 Å². The Morgan fingerprint density at radius 3 is 2.83 bits per heavy atom. The highest BCUT2D eigenvalue weighted by atomic mass is 19.1. The second-order valence-corrected chi connectivity index (χ2v) is 5.51. The molecule has 1 aromatic heterocycles. The third-order valence-corrected chi connectivity index (χ3v) is 4.06. The molecule has 0 unspecified atom stereocenters. The van der Waals surface area contributed by atoms with Crippen LogP contribution in [-0.4, -0.2) is 32.7 Å². The molecule has 1 aliphatic heterocycles. The molecule has 24 heavy (non-hydrogen) atoms. The summed E-state index contributed by atoms with van der Waals surface area (Å²) in [6, 6.07) is 6.45. The summed E-state index contributed by atoms with van der Waals surface area (Å²) >= 11 is 0. The molecule has 3 N–H and O–H groups in total. The Kier molecular flexibility index (Phi) is 3.04. The number of carboxylic acid groups (broad SMARTS) is 1. The number of aliphatic hydroxyl groups excluding tert-OH is 1. The Hall–Kier alpha value is -3.00. The fraction of sp³-hybridized carbons (Fsp3) is 0.125. The Bertz CT molecular complexity index is 986. The number of anilines is 2. The molecule has 8 heteroatoms. The number of imidazole rings is 1. The fourth-order valence-corrected chi connectivity index (χ4v) is 2.98. The van der Waals surface area contributed by atoms with Gasteiger partial charge in [0.2, 0.25) is 5.95 Å². The summed E-state index contributed by atoms with van der Waals surface area (Å²) < 4.78 is 27.1. The monoisotopic (exact) mass is 331 g/mol. The van der Waals surface area contributed by atoms with Gasteiger partial charge in [-0.25, -0.2) is 18.6 Å². The van der Waals surface area contributed by atoms with Gasteiger partial charge in [0.1, 0.15) is 22.7 Å². The standard InChI is InChI=1S/C16H11F2N3O3/c17-7-1-4-11-8(5-7)12(22)6-21(11)16-19-10-3-2-9(18)13(15(23)24)14(10)20-16/h1-5,12,22H,6H2,(H,19,20)(H,23,24)/t12-/m1/s1. The molecule has 122 valence electrons. The molecule has 2 aromatic carbocycles. The average Bonchev–Trinajstić information content (AvgIpc) is 3.08. The minimum Gasteiger partial charge on any atom is -0.478 e. The quantitative estimate of drug-likeness (QED) is 0.672. The van der Waals surface area contributed by atoms with E-state index < -0.39 is 29.3 Å². The predicted molar refractivity (Wildman–Crippen MR) is 81.4 cm³/mol. The number of H-pyrrole nitrogens is 1. The van der Waals surface area contributed by atoms with Gasteiger partial charge in [0.05, 0.1) is 18.2 Å². The number of benzene rings is 2. The van der Waals surface area contributed by atoms with Crippen LogP contribution in [-0.2, 0) is 0 Å². The van der Waals surface area contributed by atoms with Crippen molar-refractivity contribution in [3.8, 4) is 0 Å². The van der Waals surface area contributed by atoms with Gasteiger partial charge in [0.15, 0.2) is 0 Å². The van der Waals surface area contributed by atoms with Crippen LogP contribution >= 0.6 is 0 Å². The number of nitrogens with one attached hydrogen (secondary N) is 1. The summed E-state index contributed by atoms with van der Waals surface area (Å²) in [7, 11) is 0. The maximum Gasteiger partial charge on any atom is 0.340 e.